The average Bonchev–Trinajstić information content (AvgIpc) is 2.81. The highest BCUT2D eigenvalue weighted by Crippen LogP contribution is 2.32. The zero-order valence-electron chi connectivity index (χ0n) is 9.81. The number of aryl methyl sites for hydroxylation is 1. The molecule has 1 fully saturated rings. The number of hydrogen-bond donors (Lipinski definition) is 1. The Morgan fingerprint density at radius 2 is 2.24 bits per heavy atom. The summed E-state index contributed by atoms with van der Waals surface area (Å²) in [4.78, 5) is 4.57. The van der Waals surface area contributed by atoms with Crippen molar-refractivity contribution < 1.29 is 9.84 Å². The van der Waals surface area contributed by atoms with Gasteiger partial charge in [0, 0.05) is 17.9 Å². The average molecular weight is 229 g/mol. The van der Waals surface area contributed by atoms with E-state index in [0.29, 0.717) is 12.4 Å². The monoisotopic (exact) mass is 229 g/mol. The second-order valence-corrected chi connectivity index (χ2v) is 4.65. The topological polar surface area (TPSA) is 42.4 Å². The third kappa shape index (κ3) is 1.87. The molecule has 0 amide bonds. The van der Waals surface area contributed by atoms with Crippen molar-refractivity contribution in [2.24, 2.45) is 0 Å². The number of hydrogen-bond acceptors (Lipinski definition) is 3. The number of benzene rings is 1. The summed E-state index contributed by atoms with van der Waals surface area (Å²) in [6.07, 6.45) is 0.942. The van der Waals surface area contributed by atoms with Crippen LogP contribution in [0, 0.1) is 6.92 Å². The Morgan fingerprint density at radius 1 is 1.35 bits per heavy atom. The van der Waals surface area contributed by atoms with Crippen molar-refractivity contribution >= 4 is 10.9 Å². The molecule has 1 aliphatic rings. The van der Waals surface area contributed by atoms with Crippen LogP contribution in [0.5, 0.6) is 5.75 Å². The maximum absolute atomic E-state index is 10.0. The Kier molecular flexibility index (Phi) is 2.48. The minimum Gasteiger partial charge on any atom is -0.506 e. The zero-order chi connectivity index (χ0) is 11.8. The Morgan fingerprint density at radius 3 is 3.00 bits per heavy atom. The summed E-state index contributed by atoms with van der Waals surface area (Å²) in [5.41, 5.74) is 2.89. The van der Waals surface area contributed by atoms with Gasteiger partial charge in [0.25, 0.3) is 0 Å². The molecule has 3 rings (SSSR count). The molecule has 1 aromatic heterocycles. The highest BCUT2D eigenvalue weighted by molar-refractivity contribution is 5.81. The molecule has 1 saturated heterocycles. The largest absolute Gasteiger partial charge is 0.506 e. The second kappa shape index (κ2) is 4.00. The van der Waals surface area contributed by atoms with E-state index in [2.05, 4.69) is 4.98 Å². The number of aromatic hydroxyl groups is 1. The Balaban J connectivity index is 2.13. The molecule has 88 valence electrons. The number of pyridine rings is 1. The first kappa shape index (κ1) is 10.5. The van der Waals surface area contributed by atoms with E-state index in [-0.39, 0.29) is 5.92 Å². The summed E-state index contributed by atoms with van der Waals surface area (Å²) < 4.78 is 5.35. The summed E-state index contributed by atoms with van der Waals surface area (Å²) in [6, 6.07) is 7.89. The van der Waals surface area contributed by atoms with Crippen molar-refractivity contribution in [3.05, 3.63) is 35.5 Å². The predicted octanol–water partition coefficient (Wildman–Crippen LogP) is 2.75. The third-order valence-electron chi connectivity index (χ3n) is 3.29. The van der Waals surface area contributed by atoms with Gasteiger partial charge >= 0.3 is 0 Å². The smallest absolute Gasteiger partial charge is 0.138 e. The Hall–Kier alpha value is -1.61. The molecule has 17 heavy (non-hydrogen) atoms. The van der Waals surface area contributed by atoms with Crippen molar-refractivity contribution in [3.8, 4) is 5.75 Å². The molecule has 1 aliphatic heterocycles. The quantitative estimate of drug-likeness (QED) is 0.817. The standard InChI is InChI=1S/C14H15NO2/c1-9-2-3-12-11(6-9)7-13(16)14(15-12)10-4-5-17-8-10/h2-3,6-7,10,16H,4-5,8H2,1H3. The van der Waals surface area contributed by atoms with Crippen molar-refractivity contribution in [1.82, 2.24) is 4.98 Å². The van der Waals surface area contributed by atoms with Crippen LogP contribution < -0.4 is 0 Å². The first-order chi connectivity index (χ1) is 8.24. The normalized spacial score (nSPS) is 19.9. The predicted molar refractivity (Wildman–Crippen MR) is 66.3 cm³/mol. The lowest BCUT2D eigenvalue weighted by molar-refractivity contribution is 0.193. The van der Waals surface area contributed by atoms with Gasteiger partial charge in [0.05, 0.1) is 17.8 Å². The lowest BCUT2D eigenvalue weighted by Crippen LogP contribution is -2.01. The minimum atomic E-state index is 0.237. The first-order valence-electron chi connectivity index (χ1n) is 5.92. The van der Waals surface area contributed by atoms with E-state index in [0.717, 1.165) is 29.6 Å². The van der Waals surface area contributed by atoms with Gasteiger partial charge in [0.15, 0.2) is 0 Å². The van der Waals surface area contributed by atoms with Crippen LogP contribution in [0.3, 0.4) is 0 Å². The van der Waals surface area contributed by atoms with Crippen LogP contribution in [-0.2, 0) is 4.74 Å². The molecule has 2 heterocycles. The van der Waals surface area contributed by atoms with Crippen LogP contribution in [-0.4, -0.2) is 23.3 Å². The molecule has 3 heteroatoms. The summed E-state index contributed by atoms with van der Waals surface area (Å²) in [7, 11) is 0. The van der Waals surface area contributed by atoms with Gasteiger partial charge in [0.1, 0.15) is 5.75 Å². The molecule has 1 N–H and O–H groups in total. The molecule has 0 spiro atoms. The molecule has 2 aromatic rings. The lowest BCUT2D eigenvalue weighted by Gasteiger charge is -2.11. The Labute approximate surface area is 100 Å². The maximum atomic E-state index is 10.0. The molecule has 0 bridgehead atoms. The van der Waals surface area contributed by atoms with Crippen LogP contribution in [0.25, 0.3) is 10.9 Å². The van der Waals surface area contributed by atoms with E-state index >= 15 is 0 Å². The van der Waals surface area contributed by atoms with E-state index in [9.17, 15) is 5.11 Å². The van der Waals surface area contributed by atoms with Gasteiger partial charge in [-0.1, -0.05) is 11.6 Å². The molecule has 0 aliphatic carbocycles. The van der Waals surface area contributed by atoms with Crippen LogP contribution in [0.15, 0.2) is 24.3 Å². The van der Waals surface area contributed by atoms with E-state index < -0.39 is 0 Å². The van der Waals surface area contributed by atoms with Gasteiger partial charge in [-0.3, -0.25) is 0 Å². The molecular formula is C14H15NO2. The highest BCUT2D eigenvalue weighted by atomic mass is 16.5. The summed E-state index contributed by atoms with van der Waals surface area (Å²) in [5, 5.41) is 11.0. The molecule has 1 atom stereocenters. The van der Waals surface area contributed by atoms with Gasteiger partial charge in [-0.15, -0.1) is 0 Å². The van der Waals surface area contributed by atoms with Crippen LogP contribution in [0.4, 0.5) is 0 Å². The van der Waals surface area contributed by atoms with Crippen LogP contribution in [0.2, 0.25) is 0 Å². The van der Waals surface area contributed by atoms with E-state index in [4.69, 9.17) is 4.74 Å². The van der Waals surface area contributed by atoms with Crippen molar-refractivity contribution in [2.45, 2.75) is 19.3 Å². The van der Waals surface area contributed by atoms with Gasteiger partial charge in [-0.05, 0) is 31.5 Å². The van der Waals surface area contributed by atoms with Gasteiger partial charge in [-0.2, -0.15) is 0 Å². The van der Waals surface area contributed by atoms with Gasteiger partial charge in [0.2, 0.25) is 0 Å². The number of aromatic nitrogens is 1. The van der Waals surface area contributed by atoms with Gasteiger partial charge < -0.3 is 9.84 Å². The van der Waals surface area contributed by atoms with E-state index in [1.54, 1.807) is 0 Å². The van der Waals surface area contributed by atoms with Crippen molar-refractivity contribution in [1.29, 1.82) is 0 Å². The second-order valence-electron chi connectivity index (χ2n) is 4.65. The molecular weight excluding hydrogens is 214 g/mol. The van der Waals surface area contributed by atoms with E-state index in [1.165, 1.54) is 5.56 Å². The maximum Gasteiger partial charge on any atom is 0.138 e. The van der Waals surface area contributed by atoms with Crippen LogP contribution >= 0.6 is 0 Å². The number of nitrogens with zero attached hydrogens (tertiary/aromatic N) is 1. The molecule has 1 unspecified atom stereocenters. The lowest BCUT2D eigenvalue weighted by atomic mass is 10.0. The minimum absolute atomic E-state index is 0.237. The SMILES string of the molecule is Cc1ccc2nc(C3CCOC3)c(O)cc2c1. The van der Waals surface area contributed by atoms with Crippen LogP contribution in [0.1, 0.15) is 23.6 Å². The van der Waals surface area contributed by atoms with Crippen molar-refractivity contribution in [3.63, 3.8) is 0 Å². The molecule has 0 saturated carbocycles. The molecule has 1 aromatic carbocycles. The number of ether oxygens (including phenoxy) is 1. The fraction of sp³-hybridized carbons (Fsp3) is 0.357. The number of rotatable bonds is 1. The van der Waals surface area contributed by atoms with Crippen molar-refractivity contribution in [2.75, 3.05) is 13.2 Å². The summed E-state index contributed by atoms with van der Waals surface area (Å²) in [6.45, 7) is 3.46. The first-order valence-corrected chi connectivity index (χ1v) is 5.92. The summed E-state index contributed by atoms with van der Waals surface area (Å²) in [5.74, 6) is 0.527. The fourth-order valence-electron chi connectivity index (χ4n) is 2.35. The Bertz CT molecular complexity index is 559. The zero-order valence-corrected chi connectivity index (χ0v) is 9.81. The third-order valence-corrected chi connectivity index (χ3v) is 3.29. The summed E-state index contributed by atoms with van der Waals surface area (Å²) >= 11 is 0. The molecule has 0 radical (unpaired) electrons. The highest BCUT2D eigenvalue weighted by Gasteiger charge is 2.22. The molecule has 3 nitrogen and oxygen atoms in total. The van der Waals surface area contributed by atoms with E-state index in [1.807, 2.05) is 31.2 Å². The fourth-order valence-corrected chi connectivity index (χ4v) is 2.35. The number of fused-ring (bicyclic) bond motifs is 1. The van der Waals surface area contributed by atoms with Gasteiger partial charge in [-0.25, -0.2) is 4.98 Å².